The van der Waals surface area contributed by atoms with Crippen molar-refractivity contribution in [3.8, 4) is 5.75 Å². The molecule has 2 rings (SSSR count). The van der Waals surface area contributed by atoms with Gasteiger partial charge in [-0.1, -0.05) is 16.8 Å². The molecule has 0 aliphatic rings. The Hall–Kier alpha value is -2.57. The number of aromatic amines is 1. The normalized spacial score (nSPS) is 10.5. The van der Waals surface area contributed by atoms with E-state index < -0.39 is 5.76 Å². The average molecular weight is 305 g/mol. The first-order valence-corrected chi connectivity index (χ1v) is 7.16. The lowest BCUT2D eigenvalue weighted by atomic mass is 10.1. The summed E-state index contributed by atoms with van der Waals surface area (Å²) >= 11 is 0. The zero-order valence-electron chi connectivity index (χ0n) is 12.6. The summed E-state index contributed by atoms with van der Waals surface area (Å²) in [4.78, 5) is 25.5. The summed E-state index contributed by atoms with van der Waals surface area (Å²) in [5.41, 5.74) is 1.52. The van der Waals surface area contributed by atoms with Gasteiger partial charge in [-0.3, -0.25) is 14.3 Å². The van der Waals surface area contributed by atoms with Gasteiger partial charge in [0.1, 0.15) is 5.75 Å². The molecule has 0 aliphatic heterocycles. The van der Waals surface area contributed by atoms with Crippen LogP contribution in [0.3, 0.4) is 0 Å². The number of hydrogen-bond donors (Lipinski definition) is 2. The molecule has 7 heteroatoms. The maximum atomic E-state index is 12.2. The molecule has 0 spiro atoms. The largest absolute Gasteiger partial charge is 0.493 e. The highest BCUT2D eigenvalue weighted by Crippen LogP contribution is 2.20. The number of aryl methyl sites for hydroxylation is 2. The second-order valence-electron chi connectivity index (χ2n) is 4.83. The minimum atomic E-state index is -0.569. The fraction of sp³-hybridized carbons (Fsp3) is 0.400. The first kappa shape index (κ1) is 15.8. The van der Waals surface area contributed by atoms with Crippen LogP contribution in [0.4, 0.5) is 0 Å². The Morgan fingerprint density at radius 1 is 1.45 bits per heavy atom. The van der Waals surface area contributed by atoms with Crippen LogP contribution in [0.1, 0.15) is 35.1 Å². The van der Waals surface area contributed by atoms with Crippen LogP contribution in [0.15, 0.2) is 27.5 Å². The molecular formula is C15H19N3O4. The van der Waals surface area contributed by atoms with Gasteiger partial charge >= 0.3 is 5.76 Å². The maximum Gasteiger partial charge on any atom is 0.438 e. The molecule has 0 radical (unpaired) electrons. The summed E-state index contributed by atoms with van der Waals surface area (Å²) in [6.45, 7) is 4.77. The third-order valence-electron chi connectivity index (χ3n) is 3.04. The summed E-state index contributed by atoms with van der Waals surface area (Å²) in [7, 11) is 0. The van der Waals surface area contributed by atoms with E-state index in [1.807, 2.05) is 19.9 Å². The summed E-state index contributed by atoms with van der Waals surface area (Å²) in [6, 6.07) is 5.51. The van der Waals surface area contributed by atoms with Crippen LogP contribution in [-0.2, 0) is 6.42 Å². The lowest BCUT2D eigenvalue weighted by Crippen LogP contribution is -2.25. The summed E-state index contributed by atoms with van der Waals surface area (Å²) in [6.07, 6.45) is 1.17. The molecule has 2 N–H and O–H groups in total. The molecule has 1 amide bonds. The fourth-order valence-electron chi connectivity index (χ4n) is 2.02. The Labute approximate surface area is 127 Å². The first-order chi connectivity index (χ1) is 10.6. The molecular weight excluding hydrogens is 286 g/mol. The Bertz CT molecular complexity index is 690. The predicted octanol–water partition coefficient (Wildman–Crippen LogP) is 1.43. The quantitative estimate of drug-likeness (QED) is 0.754. The Morgan fingerprint density at radius 2 is 2.27 bits per heavy atom. The molecule has 22 heavy (non-hydrogen) atoms. The van der Waals surface area contributed by atoms with Crippen molar-refractivity contribution in [2.24, 2.45) is 0 Å². The van der Waals surface area contributed by atoms with E-state index in [0.717, 1.165) is 5.56 Å². The van der Waals surface area contributed by atoms with Crippen molar-refractivity contribution in [2.45, 2.75) is 26.7 Å². The minimum Gasteiger partial charge on any atom is -0.493 e. The van der Waals surface area contributed by atoms with E-state index in [1.54, 1.807) is 12.1 Å². The number of carbonyl (C=O) groups is 1. The zero-order chi connectivity index (χ0) is 15.9. The predicted molar refractivity (Wildman–Crippen MR) is 80.1 cm³/mol. The smallest absolute Gasteiger partial charge is 0.438 e. The number of nitrogens with zero attached hydrogens (tertiary/aromatic N) is 1. The highest BCUT2D eigenvalue weighted by Gasteiger charge is 2.12. The van der Waals surface area contributed by atoms with Gasteiger partial charge in [-0.25, -0.2) is 4.79 Å². The van der Waals surface area contributed by atoms with Crippen molar-refractivity contribution >= 4 is 5.91 Å². The monoisotopic (exact) mass is 305 g/mol. The van der Waals surface area contributed by atoms with Crippen molar-refractivity contribution in [3.05, 3.63) is 45.7 Å². The SMILES string of the molecule is CCOc1ccc(C)cc1C(=O)NCCCc1noc(=O)[nH]1. The number of nitrogens with one attached hydrogen (secondary N) is 2. The van der Waals surface area contributed by atoms with Crippen LogP contribution in [-0.4, -0.2) is 29.2 Å². The van der Waals surface area contributed by atoms with E-state index in [-0.39, 0.29) is 5.91 Å². The number of ether oxygens (including phenoxy) is 1. The number of aromatic nitrogens is 2. The Balaban J connectivity index is 1.89. The highest BCUT2D eigenvalue weighted by molar-refractivity contribution is 5.97. The molecule has 1 aromatic carbocycles. The molecule has 0 saturated heterocycles. The van der Waals surface area contributed by atoms with Crippen molar-refractivity contribution in [2.75, 3.05) is 13.2 Å². The summed E-state index contributed by atoms with van der Waals surface area (Å²) in [5.74, 6) is 0.303. The minimum absolute atomic E-state index is 0.180. The van der Waals surface area contributed by atoms with Gasteiger partial charge in [0.15, 0.2) is 5.82 Å². The third kappa shape index (κ3) is 4.21. The second-order valence-corrected chi connectivity index (χ2v) is 4.83. The van der Waals surface area contributed by atoms with Crippen LogP contribution in [0.2, 0.25) is 0 Å². The van der Waals surface area contributed by atoms with Crippen LogP contribution >= 0.6 is 0 Å². The van der Waals surface area contributed by atoms with Gasteiger partial charge in [0.25, 0.3) is 5.91 Å². The van der Waals surface area contributed by atoms with E-state index in [1.165, 1.54) is 0 Å². The summed E-state index contributed by atoms with van der Waals surface area (Å²) < 4.78 is 9.87. The maximum absolute atomic E-state index is 12.2. The van der Waals surface area contributed by atoms with Gasteiger partial charge in [-0.15, -0.1) is 0 Å². The lowest BCUT2D eigenvalue weighted by molar-refractivity contribution is 0.0949. The molecule has 118 valence electrons. The fourth-order valence-corrected chi connectivity index (χ4v) is 2.02. The topological polar surface area (TPSA) is 97.2 Å². The number of hydrogen-bond acceptors (Lipinski definition) is 5. The molecule has 0 atom stereocenters. The van der Waals surface area contributed by atoms with Crippen LogP contribution in [0.5, 0.6) is 5.75 Å². The summed E-state index contributed by atoms with van der Waals surface area (Å²) in [5, 5.41) is 6.40. The Kier molecular flexibility index (Phi) is 5.35. The lowest BCUT2D eigenvalue weighted by Gasteiger charge is -2.11. The molecule has 1 heterocycles. The second kappa shape index (κ2) is 7.44. The van der Waals surface area contributed by atoms with Crippen LogP contribution in [0.25, 0.3) is 0 Å². The molecule has 0 unspecified atom stereocenters. The number of H-pyrrole nitrogens is 1. The van der Waals surface area contributed by atoms with Gasteiger partial charge in [-0.05, 0) is 32.4 Å². The van der Waals surface area contributed by atoms with Crippen molar-refractivity contribution in [1.29, 1.82) is 0 Å². The highest BCUT2D eigenvalue weighted by atomic mass is 16.5. The molecule has 7 nitrogen and oxygen atoms in total. The Morgan fingerprint density at radius 3 is 2.95 bits per heavy atom. The molecule has 0 fully saturated rings. The third-order valence-corrected chi connectivity index (χ3v) is 3.04. The van der Waals surface area contributed by atoms with Crippen LogP contribution in [0, 0.1) is 6.92 Å². The molecule has 2 aromatic rings. The number of amides is 1. The van der Waals surface area contributed by atoms with Crippen LogP contribution < -0.4 is 15.8 Å². The van der Waals surface area contributed by atoms with E-state index in [9.17, 15) is 9.59 Å². The van der Waals surface area contributed by atoms with E-state index >= 15 is 0 Å². The number of rotatable bonds is 7. The van der Waals surface area contributed by atoms with Gasteiger partial charge in [-0.2, -0.15) is 0 Å². The van der Waals surface area contributed by atoms with Crippen molar-refractivity contribution in [3.63, 3.8) is 0 Å². The zero-order valence-corrected chi connectivity index (χ0v) is 12.6. The van der Waals surface area contributed by atoms with Gasteiger partial charge in [0.05, 0.1) is 12.2 Å². The van der Waals surface area contributed by atoms with E-state index in [4.69, 9.17) is 4.74 Å². The molecule has 0 aliphatic carbocycles. The molecule has 1 aromatic heterocycles. The van der Waals surface area contributed by atoms with Gasteiger partial charge < -0.3 is 10.1 Å². The van der Waals surface area contributed by atoms with Gasteiger partial charge in [0.2, 0.25) is 0 Å². The van der Waals surface area contributed by atoms with Crippen molar-refractivity contribution in [1.82, 2.24) is 15.5 Å². The average Bonchev–Trinajstić information content (AvgIpc) is 2.91. The molecule has 0 bridgehead atoms. The standard InChI is InChI=1S/C15H19N3O4/c1-3-21-12-7-6-10(2)9-11(12)14(19)16-8-4-5-13-17-15(20)22-18-13/h6-7,9H,3-5,8H2,1-2H3,(H,16,19)(H,17,18,20). The first-order valence-electron chi connectivity index (χ1n) is 7.16. The number of benzene rings is 1. The van der Waals surface area contributed by atoms with Crippen molar-refractivity contribution < 1.29 is 14.1 Å². The van der Waals surface area contributed by atoms with E-state index in [2.05, 4.69) is 20.0 Å². The number of carbonyl (C=O) groups excluding carboxylic acids is 1. The van der Waals surface area contributed by atoms with E-state index in [0.29, 0.717) is 43.1 Å². The van der Waals surface area contributed by atoms with Gasteiger partial charge in [0, 0.05) is 13.0 Å². The molecule has 0 saturated carbocycles.